The summed E-state index contributed by atoms with van der Waals surface area (Å²) in [5.41, 5.74) is 3.08. The Bertz CT molecular complexity index is 1210. The SMILES string of the molecule is CC(Cc1cccc(C(=O)NCC(C)(C)c2ccc(O)cc2)c1)NC[C@H](O)c1ccc(O)c(NC=O)c1. The van der Waals surface area contributed by atoms with Crippen LogP contribution in [0.15, 0.2) is 66.7 Å². The summed E-state index contributed by atoms with van der Waals surface area (Å²) in [6, 6.07) is 19.1. The average molecular weight is 506 g/mol. The van der Waals surface area contributed by atoms with Gasteiger partial charge < -0.3 is 31.3 Å². The lowest BCUT2D eigenvalue weighted by Crippen LogP contribution is -2.36. The number of aliphatic hydroxyl groups is 1. The minimum atomic E-state index is -0.829. The van der Waals surface area contributed by atoms with Gasteiger partial charge in [-0.1, -0.05) is 44.2 Å². The Balaban J connectivity index is 1.53. The van der Waals surface area contributed by atoms with Crippen molar-refractivity contribution in [2.75, 3.05) is 18.4 Å². The van der Waals surface area contributed by atoms with Gasteiger partial charge in [0, 0.05) is 30.1 Å². The maximum Gasteiger partial charge on any atom is 0.251 e. The van der Waals surface area contributed by atoms with Crippen LogP contribution in [0.2, 0.25) is 0 Å². The van der Waals surface area contributed by atoms with E-state index in [9.17, 15) is 24.9 Å². The summed E-state index contributed by atoms with van der Waals surface area (Å²) in [4.78, 5) is 23.5. The molecule has 0 saturated carbocycles. The molecule has 6 N–H and O–H groups in total. The molecule has 8 heteroatoms. The first-order valence-corrected chi connectivity index (χ1v) is 12.2. The number of carbonyl (C=O) groups excluding carboxylic acids is 2. The highest BCUT2D eigenvalue weighted by Gasteiger charge is 2.22. The van der Waals surface area contributed by atoms with Gasteiger partial charge in [0.1, 0.15) is 11.5 Å². The van der Waals surface area contributed by atoms with Crippen molar-refractivity contribution in [1.82, 2.24) is 10.6 Å². The van der Waals surface area contributed by atoms with Gasteiger partial charge in [0.05, 0.1) is 11.8 Å². The number of hydrogen-bond donors (Lipinski definition) is 6. The second-order valence-electron chi connectivity index (χ2n) is 9.88. The summed E-state index contributed by atoms with van der Waals surface area (Å²) in [5.74, 6) is -0.0194. The molecule has 3 aromatic carbocycles. The van der Waals surface area contributed by atoms with Gasteiger partial charge in [-0.3, -0.25) is 9.59 Å². The quantitative estimate of drug-likeness (QED) is 0.165. The number of nitrogens with one attached hydrogen (secondary N) is 3. The van der Waals surface area contributed by atoms with Gasteiger partial charge in [-0.05, 0) is 66.4 Å². The molecule has 3 aromatic rings. The van der Waals surface area contributed by atoms with Gasteiger partial charge in [0.15, 0.2) is 0 Å². The summed E-state index contributed by atoms with van der Waals surface area (Å²) in [6.07, 6.45) is 0.293. The van der Waals surface area contributed by atoms with Crippen LogP contribution in [0.4, 0.5) is 5.69 Å². The zero-order chi connectivity index (χ0) is 27.0. The van der Waals surface area contributed by atoms with Crippen molar-refractivity contribution in [3.05, 3.63) is 89.0 Å². The zero-order valence-corrected chi connectivity index (χ0v) is 21.4. The van der Waals surface area contributed by atoms with E-state index in [-0.39, 0.29) is 41.1 Å². The van der Waals surface area contributed by atoms with Crippen LogP contribution in [-0.4, -0.2) is 46.8 Å². The molecule has 8 nitrogen and oxygen atoms in total. The van der Waals surface area contributed by atoms with Crippen LogP contribution in [0.5, 0.6) is 11.5 Å². The summed E-state index contributed by atoms with van der Waals surface area (Å²) >= 11 is 0. The highest BCUT2D eigenvalue weighted by molar-refractivity contribution is 5.94. The summed E-state index contributed by atoms with van der Waals surface area (Å²) in [5, 5.41) is 38.5. The molecular weight excluding hydrogens is 470 g/mol. The molecule has 0 aromatic heterocycles. The zero-order valence-electron chi connectivity index (χ0n) is 21.4. The molecule has 2 atom stereocenters. The topological polar surface area (TPSA) is 131 Å². The molecule has 0 fully saturated rings. The first-order valence-electron chi connectivity index (χ1n) is 12.2. The highest BCUT2D eigenvalue weighted by atomic mass is 16.3. The molecule has 0 spiro atoms. The number of hydrogen-bond acceptors (Lipinski definition) is 6. The van der Waals surface area contributed by atoms with Crippen molar-refractivity contribution in [2.24, 2.45) is 0 Å². The number of anilines is 1. The minimum Gasteiger partial charge on any atom is -0.508 e. The number of aliphatic hydroxyl groups excluding tert-OH is 1. The number of aromatic hydroxyl groups is 2. The van der Waals surface area contributed by atoms with E-state index in [0.717, 1.165) is 11.1 Å². The molecule has 0 bridgehead atoms. The van der Waals surface area contributed by atoms with Crippen molar-refractivity contribution in [3.8, 4) is 11.5 Å². The maximum absolute atomic E-state index is 12.8. The third kappa shape index (κ3) is 7.80. The molecule has 0 saturated heterocycles. The van der Waals surface area contributed by atoms with E-state index in [2.05, 4.69) is 16.0 Å². The fourth-order valence-electron chi connectivity index (χ4n) is 4.05. The van der Waals surface area contributed by atoms with E-state index < -0.39 is 6.10 Å². The number of amides is 2. The molecule has 2 amide bonds. The molecule has 3 rings (SSSR count). The standard InChI is InChI=1S/C29H35N3O5/c1-19(30-16-27(36)21-7-12-26(35)25(15-21)32-18-33)13-20-5-4-6-22(14-20)28(37)31-17-29(2,3)23-8-10-24(34)11-9-23/h4-12,14-15,18-19,27,30,34-36H,13,16-17H2,1-3H3,(H,31,37)(H,32,33)/t19?,27-/m0/s1. The second kappa shape index (κ2) is 12.4. The Hall–Kier alpha value is -3.88. The largest absolute Gasteiger partial charge is 0.508 e. The molecule has 0 heterocycles. The molecule has 1 unspecified atom stereocenters. The summed E-state index contributed by atoms with van der Waals surface area (Å²) < 4.78 is 0. The Morgan fingerprint density at radius 2 is 1.76 bits per heavy atom. The Morgan fingerprint density at radius 3 is 2.46 bits per heavy atom. The maximum atomic E-state index is 12.8. The van der Waals surface area contributed by atoms with Crippen LogP contribution in [0, 0.1) is 0 Å². The summed E-state index contributed by atoms with van der Waals surface area (Å²) in [6.45, 7) is 6.79. The fraction of sp³-hybridized carbons (Fsp3) is 0.310. The lowest BCUT2D eigenvalue weighted by atomic mass is 9.84. The smallest absolute Gasteiger partial charge is 0.251 e. The van der Waals surface area contributed by atoms with Crippen molar-refractivity contribution in [1.29, 1.82) is 0 Å². The van der Waals surface area contributed by atoms with E-state index in [1.165, 1.54) is 12.1 Å². The first-order chi connectivity index (χ1) is 17.6. The van der Waals surface area contributed by atoms with Crippen molar-refractivity contribution >= 4 is 18.0 Å². The third-order valence-electron chi connectivity index (χ3n) is 6.35. The van der Waals surface area contributed by atoms with Gasteiger partial charge in [-0.25, -0.2) is 0 Å². The van der Waals surface area contributed by atoms with Gasteiger partial charge >= 0.3 is 0 Å². The lowest BCUT2D eigenvalue weighted by Gasteiger charge is -2.26. The van der Waals surface area contributed by atoms with Crippen LogP contribution >= 0.6 is 0 Å². The average Bonchev–Trinajstić information content (AvgIpc) is 2.87. The monoisotopic (exact) mass is 505 g/mol. The van der Waals surface area contributed by atoms with E-state index in [4.69, 9.17) is 0 Å². The Morgan fingerprint density at radius 1 is 1.03 bits per heavy atom. The fourth-order valence-corrected chi connectivity index (χ4v) is 4.05. The lowest BCUT2D eigenvalue weighted by molar-refractivity contribution is -0.105. The molecule has 37 heavy (non-hydrogen) atoms. The van der Waals surface area contributed by atoms with E-state index in [1.807, 2.05) is 51.1 Å². The second-order valence-corrected chi connectivity index (χ2v) is 9.88. The van der Waals surface area contributed by atoms with E-state index in [1.54, 1.807) is 24.3 Å². The van der Waals surface area contributed by atoms with Crippen molar-refractivity contribution in [3.63, 3.8) is 0 Å². The van der Waals surface area contributed by atoms with Crippen LogP contribution in [-0.2, 0) is 16.6 Å². The molecule has 196 valence electrons. The molecule has 0 aliphatic rings. The predicted molar refractivity (Wildman–Crippen MR) is 144 cm³/mol. The van der Waals surface area contributed by atoms with Gasteiger partial charge in [0.25, 0.3) is 5.91 Å². The predicted octanol–water partition coefficient (Wildman–Crippen LogP) is 3.63. The number of phenols is 2. The highest BCUT2D eigenvalue weighted by Crippen LogP contribution is 2.27. The molecular formula is C29H35N3O5. The number of benzene rings is 3. The summed E-state index contributed by atoms with van der Waals surface area (Å²) in [7, 11) is 0. The van der Waals surface area contributed by atoms with Crippen LogP contribution < -0.4 is 16.0 Å². The van der Waals surface area contributed by atoms with Crippen LogP contribution in [0.1, 0.15) is 53.9 Å². The van der Waals surface area contributed by atoms with Crippen LogP contribution in [0.3, 0.4) is 0 Å². The van der Waals surface area contributed by atoms with E-state index >= 15 is 0 Å². The Labute approximate surface area is 217 Å². The molecule has 0 aliphatic carbocycles. The minimum absolute atomic E-state index is 0.0195. The third-order valence-corrected chi connectivity index (χ3v) is 6.35. The van der Waals surface area contributed by atoms with Gasteiger partial charge in [-0.15, -0.1) is 0 Å². The number of carbonyl (C=O) groups is 2. The molecule has 0 radical (unpaired) electrons. The first kappa shape index (κ1) is 27.7. The van der Waals surface area contributed by atoms with Crippen molar-refractivity contribution in [2.45, 2.75) is 44.8 Å². The normalized spacial score (nSPS) is 13.0. The van der Waals surface area contributed by atoms with E-state index in [0.29, 0.717) is 30.5 Å². The van der Waals surface area contributed by atoms with Gasteiger partial charge in [-0.2, -0.15) is 0 Å². The van der Waals surface area contributed by atoms with Crippen molar-refractivity contribution < 1.29 is 24.9 Å². The van der Waals surface area contributed by atoms with Gasteiger partial charge in [0.2, 0.25) is 6.41 Å². The van der Waals surface area contributed by atoms with Crippen LogP contribution in [0.25, 0.3) is 0 Å². The Kier molecular flexibility index (Phi) is 9.27. The number of phenolic OH excluding ortho intramolecular Hbond substituents is 2. The number of rotatable bonds is 12. The molecule has 0 aliphatic heterocycles.